The van der Waals surface area contributed by atoms with E-state index >= 15 is 0 Å². The van der Waals surface area contributed by atoms with Crippen LogP contribution in [0.5, 0.6) is 11.5 Å². The minimum Gasteiger partial charge on any atom is -0.493 e. The SMILES string of the molecule is COc1cccc(CN(Cc2cnn(-c3ccccc3)c2)CC2CCCO2)c1OC. The van der Waals surface area contributed by atoms with E-state index in [0.29, 0.717) is 0 Å². The molecular weight excluding hydrogens is 378 g/mol. The third kappa shape index (κ3) is 4.83. The summed E-state index contributed by atoms with van der Waals surface area (Å²) in [6.07, 6.45) is 6.55. The van der Waals surface area contributed by atoms with E-state index in [0.717, 1.165) is 61.8 Å². The Morgan fingerprint density at radius 3 is 2.67 bits per heavy atom. The Bertz CT molecular complexity index is 936. The Hall–Kier alpha value is -2.83. The third-order valence-corrected chi connectivity index (χ3v) is 5.43. The molecule has 0 saturated carbocycles. The molecule has 0 N–H and O–H groups in total. The second-order valence-corrected chi connectivity index (χ2v) is 7.59. The average Bonchev–Trinajstić information content (AvgIpc) is 3.46. The van der Waals surface area contributed by atoms with Gasteiger partial charge in [-0.15, -0.1) is 0 Å². The second-order valence-electron chi connectivity index (χ2n) is 7.59. The van der Waals surface area contributed by atoms with Crippen molar-refractivity contribution in [1.29, 1.82) is 0 Å². The Morgan fingerprint density at radius 2 is 1.93 bits per heavy atom. The fraction of sp³-hybridized carbons (Fsp3) is 0.375. The van der Waals surface area contributed by atoms with Crippen molar-refractivity contribution >= 4 is 0 Å². The van der Waals surface area contributed by atoms with Gasteiger partial charge in [-0.25, -0.2) is 4.68 Å². The van der Waals surface area contributed by atoms with Gasteiger partial charge in [0.1, 0.15) is 0 Å². The van der Waals surface area contributed by atoms with Crippen molar-refractivity contribution in [3.8, 4) is 17.2 Å². The summed E-state index contributed by atoms with van der Waals surface area (Å²) in [5.41, 5.74) is 3.33. The van der Waals surface area contributed by atoms with E-state index < -0.39 is 0 Å². The van der Waals surface area contributed by atoms with E-state index in [2.05, 4.69) is 34.4 Å². The molecule has 0 radical (unpaired) electrons. The number of hydrogen-bond acceptors (Lipinski definition) is 5. The number of benzene rings is 2. The molecule has 0 bridgehead atoms. The molecule has 1 fully saturated rings. The highest BCUT2D eigenvalue weighted by Crippen LogP contribution is 2.32. The molecular formula is C24H29N3O3. The van der Waals surface area contributed by atoms with E-state index in [1.807, 2.05) is 41.2 Å². The van der Waals surface area contributed by atoms with E-state index in [9.17, 15) is 0 Å². The van der Waals surface area contributed by atoms with Crippen LogP contribution in [0.25, 0.3) is 5.69 Å². The number of nitrogens with zero attached hydrogens (tertiary/aromatic N) is 3. The van der Waals surface area contributed by atoms with Gasteiger partial charge in [0.05, 0.1) is 32.2 Å². The highest BCUT2D eigenvalue weighted by Gasteiger charge is 2.21. The number of hydrogen-bond donors (Lipinski definition) is 0. The molecule has 2 aromatic carbocycles. The lowest BCUT2D eigenvalue weighted by Gasteiger charge is -2.26. The Balaban J connectivity index is 1.54. The zero-order chi connectivity index (χ0) is 20.8. The largest absolute Gasteiger partial charge is 0.493 e. The van der Waals surface area contributed by atoms with Crippen molar-refractivity contribution < 1.29 is 14.2 Å². The molecule has 1 atom stereocenters. The summed E-state index contributed by atoms with van der Waals surface area (Å²) < 4.78 is 19.0. The normalized spacial score (nSPS) is 16.2. The number of methoxy groups -OCH3 is 2. The maximum Gasteiger partial charge on any atom is 0.165 e. The summed E-state index contributed by atoms with van der Waals surface area (Å²) in [6.45, 7) is 3.26. The third-order valence-electron chi connectivity index (χ3n) is 5.43. The molecule has 2 heterocycles. The molecule has 1 unspecified atom stereocenters. The molecule has 30 heavy (non-hydrogen) atoms. The van der Waals surface area contributed by atoms with Crippen molar-refractivity contribution in [2.24, 2.45) is 0 Å². The summed E-state index contributed by atoms with van der Waals surface area (Å²) in [5, 5.41) is 4.55. The van der Waals surface area contributed by atoms with Gasteiger partial charge in [-0.1, -0.05) is 30.3 Å². The van der Waals surface area contributed by atoms with Crippen LogP contribution in [0.4, 0.5) is 0 Å². The highest BCUT2D eigenvalue weighted by atomic mass is 16.5. The maximum atomic E-state index is 5.92. The number of para-hydroxylation sites is 2. The molecule has 6 nitrogen and oxygen atoms in total. The summed E-state index contributed by atoms with van der Waals surface area (Å²) in [6, 6.07) is 16.2. The first-order valence-corrected chi connectivity index (χ1v) is 10.4. The van der Waals surface area contributed by atoms with Gasteiger partial charge in [0.15, 0.2) is 11.5 Å². The Morgan fingerprint density at radius 1 is 1.07 bits per heavy atom. The van der Waals surface area contributed by atoms with Crippen LogP contribution in [0.2, 0.25) is 0 Å². The first kappa shape index (κ1) is 20.4. The average molecular weight is 408 g/mol. The lowest BCUT2D eigenvalue weighted by Crippen LogP contribution is -2.31. The van der Waals surface area contributed by atoms with E-state index in [4.69, 9.17) is 14.2 Å². The molecule has 1 aliphatic heterocycles. The maximum absolute atomic E-state index is 5.92. The number of aromatic nitrogens is 2. The van der Waals surface area contributed by atoms with Gasteiger partial charge in [-0.05, 0) is 31.0 Å². The lowest BCUT2D eigenvalue weighted by atomic mass is 10.1. The molecule has 1 aliphatic rings. The molecule has 6 heteroatoms. The van der Waals surface area contributed by atoms with E-state index in [1.54, 1.807) is 14.2 Å². The Labute approximate surface area is 178 Å². The Kier molecular flexibility index (Phi) is 6.67. The van der Waals surface area contributed by atoms with Crippen molar-refractivity contribution in [2.75, 3.05) is 27.4 Å². The molecule has 0 aliphatic carbocycles. The summed E-state index contributed by atoms with van der Waals surface area (Å²) >= 11 is 0. The molecule has 0 amide bonds. The quantitative estimate of drug-likeness (QED) is 0.535. The topological polar surface area (TPSA) is 48.8 Å². The summed E-state index contributed by atoms with van der Waals surface area (Å²) in [7, 11) is 3.36. The van der Waals surface area contributed by atoms with Crippen LogP contribution in [0.1, 0.15) is 24.0 Å². The van der Waals surface area contributed by atoms with Crippen LogP contribution < -0.4 is 9.47 Å². The van der Waals surface area contributed by atoms with E-state index in [1.165, 1.54) is 5.56 Å². The first-order chi connectivity index (χ1) is 14.8. The van der Waals surface area contributed by atoms with Crippen LogP contribution in [0, 0.1) is 0 Å². The van der Waals surface area contributed by atoms with Crippen molar-refractivity contribution in [3.63, 3.8) is 0 Å². The predicted octanol–water partition coefficient (Wildman–Crippen LogP) is 4.07. The monoisotopic (exact) mass is 407 g/mol. The molecule has 3 aromatic rings. The predicted molar refractivity (Wildman–Crippen MR) is 116 cm³/mol. The standard InChI is InChI=1S/C24H29N3O3/c1-28-23-12-6-8-20(24(23)29-2)17-26(18-22-11-7-13-30-22)15-19-14-25-27(16-19)21-9-4-3-5-10-21/h3-6,8-10,12,14,16,22H,7,11,13,15,17-18H2,1-2H3. The zero-order valence-corrected chi connectivity index (χ0v) is 17.7. The fourth-order valence-electron chi connectivity index (χ4n) is 4.00. The van der Waals surface area contributed by atoms with Crippen molar-refractivity contribution in [1.82, 2.24) is 14.7 Å². The van der Waals surface area contributed by atoms with Crippen LogP contribution >= 0.6 is 0 Å². The molecule has 4 rings (SSSR count). The van der Waals surface area contributed by atoms with Crippen LogP contribution in [-0.2, 0) is 17.8 Å². The number of rotatable bonds is 9. The lowest BCUT2D eigenvalue weighted by molar-refractivity contribution is 0.0676. The minimum absolute atomic E-state index is 0.269. The van der Waals surface area contributed by atoms with Crippen molar-refractivity contribution in [3.05, 3.63) is 72.1 Å². The van der Waals surface area contributed by atoms with Gasteiger partial charge in [0.2, 0.25) is 0 Å². The van der Waals surface area contributed by atoms with Gasteiger partial charge in [0.25, 0.3) is 0 Å². The van der Waals surface area contributed by atoms with Gasteiger partial charge >= 0.3 is 0 Å². The second kappa shape index (κ2) is 9.78. The van der Waals surface area contributed by atoms with Crippen molar-refractivity contribution in [2.45, 2.75) is 32.0 Å². The zero-order valence-electron chi connectivity index (χ0n) is 17.7. The molecule has 1 saturated heterocycles. The fourth-order valence-corrected chi connectivity index (χ4v) is 4.00. The van der Waals surface area contributed by atoms with Gasteiger partial charge in [-0.2, -0.15) is 5.10 Å². The van der Waals surface area contributed by atoms with Gasteiger partial charge in [-0.3, -0.25) is 4.90 Å². The summed E-state index contributed by atoms with van der Waals surface area (Å²) in [4.78, 5) is 2.40. The van der Waals surface area contributed by atoms with E-state index in [-0.39, 0.29) is 6.10 Å². The van der Waals surface area contributed by atoms with Crippen LogP contribution in [0.3, 0.4) is 0 Å². The van der Waals surface area contributed by atoms with Crippen LogP contribution in [0.15, 0.2) is 60.9 Å². The van der Waals surface area contributed by atoms with Crippen LogP contribution in [-0.4, -0.2) is 48.2 Å². The molecule has 0 spiro atoms. The first-order valence-electron chi connectivity index (χ1n) is 10.4. The number of ether oxygens (including phenoxy) is 3. The highest BCUT2D eigenvalue weighted by molar-refractivity contribution is 5.46. The van der Waals surface area contributed by atoms with Gasteiger partial charge < -0.3 is 14.2 Å². The molecule has 158 valence electrons. The van der Waals surface area contributed by atoms with Gasteiger partial charge in [0, 0.05) is 43.6 Å². The summed E-state index contributed by atoms with van der Waals surface area (Å²) in [5.74, 6) is 1.54. The smallest absolute Gasteiger partial charge is 0.165 e. The minimum atomic E-state index is 0.269. The molecule has 1 aromatic heterocycles.